The van der Waals surface area contributed by atoms with Crippen molar-refractivity contribution in [3.05, 3.63) is 45.9 Å². The zero-order chi connectivity index (χ0) is 29.7. The van der Waals surface area contributed by atoms with E-state index in [4.69, 9.17) is 25.7 Å². The predicted octanol–water partition coefficient (Wildman–Crippen LogP) is 8.90. The van der Waals surface area contributed by atoms with E-state index in [1.54, 1.807) is 11.3 Å². The van der Waals surface area contributed by atoms with Gasteiger partial charge in [0.25, 0.3) is 0 Å². The number of likely N-dealkylation sites (tertiary alicyclic amines) is 1. The molecule has 0 radical (unpaired) electrons. The number of carbonyl (C=O) groups excluding carboxylic acids is 1. The van der Waals surface area contributed by atoms with E-state index in [0.29, 0.717) is 19.7 Å². The summed E-state index contributed by atoms with van der Waals surface area (Å²) >= 11 is 8.52. The summed E-state index contributed by atoms with van der Waals surface area (Å²) < 4.78 is 13.4. The second kappa shape index (κ2) is 11.2. The van der Waals surface area contributed by atoms with E-state index in [1.807, 2.05) is 31.9 Å². The highest BCUT2D eigenvalue weighted by molar-refractivity contribution is 7.19. The zero-order valence-corrected chi connectivity index (χ0v) is 28.3. The maximum absolute atomic E-state index is 12.8. The molecular weight excluding hydrogens is 570 g/mol. The Morgan fingerprint density at radius 3 is 2.59 bits per heavy atom. The normalized spacial score (nSPS) is 18.2. The molecule has 1 saturated heterocycles. The first kappa shape index (κ1) is 30.3. The van der Waals surface area contributed by atoms with Gasteiger partial charge in [0, 0.05) is 58.6 Å². The average Bonchev–Trinajstić information content (AvgIpc) is 3.52. The van der Waals surface area contributed by atoms with Crippen LogP contribution in [0.1, 0.15) is 64.8 Å². The summed E-state index contributed by atoms with van der Waals surface area (Å²) in [5.41, 5.74) is 5.32. The van der Waals surface area contributed by atoms with Gasteiger partial charge in [0.1, 0.15) is 5.60 Å². The number of nitrogens with zero attached hydrogens (tertiary/aromatic N) is 3. The van der Waals surface area contributed by atoms with Crippen LogP contribution in [0.2, 0.25) is 23.2 Å². The number of rotatable bonds is 5. The number of anilines is 1. The third-order valence-corrected chi connectivity index (χ3v) is 14.5. The monoisotopic (exact) mass is 613 g/mol. The van der Waals surface area contributed by atoms with Crippen LogP contribution < -0.4 is 4.90 Å². The number of thiophene rings is 1. The van der Waals surface area contributed by atoms with Crippen LogP contribution in [0, 0.1) is 0 Å². The highest BCUT2D eigenvalue weighted by Crippen LogP contribution is 2.45. The van der Waals surface area contributed by atoms with E-state index in [0.717, 1.165) is 52.2 Å². The number of hydrogen-bond acceptors (Lipinski definition) is 6. The largest absolute Gasteiger partial charge is 0.444 e. The lowest BCUT2D eigenvalue weighted by molar-refractivity contribution is 0.0292. The molecule has 0 bridgehead atoms. The molecule has 0 N–H and O–H groups in total. The molecule has 2 aromatic heterocycles. The van der Waals surface area contributed by atoms with Crippen LogP contribution >= 0.6 is 22.9 Å². The third kappa shape index (κ3) is 6.46. The Morgan fingerprint density at radius 1 is 1.12 bits per heavy atom. The summed E-state index contributed by atoms with van der Waals surface area (Å²) in [5.74, 6) is 0. The number of amides is 1. The molecule has 3 aromatic rings. The van der Waals surface area contributed by atoms with Crippen molar-refractivity contribution in [1.82, 2.24) is 9.88 Å². The predicted molar refractivity (Wildman–Crippen MR) is 174 cm³/mol. The lowest BCUT2D eigenvalue weighted by Crippen LogP contribution is -2.43. The summed E-state index contributed by atoms with van der Waals surface area (Å²) in [6.07, 6.45) is 4.65. The molecule has 0 aliphatic carbocycles. The third-order valence-electron chi connectivity index (χ3n) is 8.68. The second-order valence-electron chi connectivity index (χ2n) is 14.0. The fourth-order valence-corrected chi connectivity index (χ4v) is 7.88. The first-order valence-corrected chi connectivity index (χ1v) is 18.8. The molecule has 6 nitrogen and oxygen atoms in total. The highest BCUT2D eigenvalue weighted by atomic mass is 35.5. The molecule has 5 rings (SSSR count). The molecule has 1 aromatic carbocycles. The Bertz CT molecular complexity index is 1440. The maximum atomic E-state index is 12.8. The number of fused-ring (bicyclic) bond motifs is 2. The number of ether oxygens (including phenoxy) is 1. The first-order chi connectivity index (χ1) is 19.1. The van der Waals surface area contributed by atoms with E-state index in [9.17, 15) is 4.79 Å². The maximum Gasteiger partial charge on any atom is 0.410 e. The van der Waals surface area contributed by atoms with Crippen molar-refractivity contribution >= 4 is 53.3 Å². The van der Waals surface area contributed by atoms with E-state index >= 15 is 0 Å². The Hall–Kier alpha value is -2.13. The van der Waals surface area contributed by atoms with Gasteiger partial charge < -0.3 is 19.0 Å². The summed E-state index contributed by atoms with van der Waals surface area (Å²) in [6, 6.07) is 8.77. The average molecular weight is 614 g/mol. The molecule has 1 unspecified atom stereocenters. The summed E-state index contributed by atoms with van der Waals surface area (Å²) in [6.45, 7) is 20.1. The Balaban J connectivity index is 1.48. The van der Waals surface area contributed by atoms with Gasteiger partial charge in [-0.05, 0) is 88.0 Å². The fourth-order valence-electron chi connectivity index (χ4n) is 5.53. The van der Waals surface area contributed by atoms with Crippen molar-refractivity contribution in [2.24, 2.45) is 0 Å². The van der Waals surface area contributed by atoms with Crippen LogP contribution in [-0.2, 0) is 22.2 Å². The van der Waals surface area contributed by atoms with E-state index in [1.165, 1.54) is 16.1 Å². The number of hydrogen-bond donors (Lipinski definition) is 0. The van der Waals surface area contributed by atoms with Crippen molar-refractivity contribution in [3.8, 4) is 11.1 Å². The van der Waals surface area contributed by atoms with Crippen molar-refractivity contribution in [1.29, 1.82) is 0 Å². The van der Waals surface area contributed by atoms with Gasteiger partial charge in [-0.3, -0.25) is 4.98 Å². The summed E-state index contributed by atoms with van der Waals surface area (Å²) in [4.78, 5) is 23.2. The number of benzene rings is 1. The Morgan fingerprint density at radius 2 is 1.88 bits per heavy atom. The van der Waals surface area contributed by atoms with E-state index in [-0.39, 0.29) is 17.2 Å². The lowest BCUT2D eigenvalue weighted by Gasteiger charge is -2.38. The van der Waals surface area contributed by atoms with Gasteiger partial charge in [-0.15, -0.1) is 11.3 Å². The van der Waals surface area contributed by atoms with Crippen LogP contribution in [0.4, 0.5) is 10.5 Å². The lowest BCUT2D eigenvalue weighted by atomic mass is 9.92. The van der Waals surface area contributed by atoms with Crippen molar-refractivity contribution < 1.29 is 14.0 Å². The van der Waals surface area contributed by atoms with Crippen LogP contribution in [0.15, 0.2) is 30.5 Å². The van der Waals surface area contributed by atoms with Crippen LogP contribution in [0.3, 0.4) is 0 Å². The van der Waals surface area contributed by atoms with Crippen LogP contribution in [0.25, 0.3) is 21.3 Å². The summed E-state index contributed by atoms with van der Waals surface area (Å²) in [7, 11) is -1.87. The second-order valence-corrected chi connectivity index (χ2v) is 20.3. The molecule has 222 valence electrons. The van der Waals surface area contributed by atoms with Gasteiger partial charge in [-0.2, -0.15) is 0 Å². The van der Waals surface area contributed by atoms with Crippen molar-refractivity contribution in [3.63, 3.8) is 0 Å². The summed E-state index contributed by atoms with van der Waals surface area (Å²) in [5, 5.41) is 0.917. The molecule has 0 spiro atoms. The fraction of sp³-hybridized carbons (Fsp3) is 0.562. The molecule has 4 heterocycles. The van der Waals surface area contributed by atoms with Gasteiger partial charge in [-0.25, -0.2) is 4.79 Å². The van der Waals surface area contributed by atoms with Crippen LogP contribution in [-0.4, -0.2) is 55.6 Å². The van der Waals surface area contributed by atoms with Gasteiger partial charge in [0.2, 0.25) is 0 Å². The first-order valence-electron chi connectivity index (χ1n) is 14.7. The Kier molecular flexibility index (Phi) is 8.27. The van der Waals surface area contributed by atoms with E-state index < -0.39 is 13.9 Å². The molecule has 9 heteroatoms. The number of aryl methyl sites for hydroxylation is 1. The zero-order valence-electron chi connectivity index (χ0n) is 25.8. The Labute approximate surface area is 255 Å². The van der Waals surface area contributed by atoms with Crippen LogP contribution in [0.5, 0.6) is 0 Å². The number of aromatic nitrogens is 1. The van der Waals surface area contributed by atoms with Crippen molar-refractivity contribution in [2.75, 3.05) is 24.5 Å². The van der Waals surface area contributed by atoms with Crippen molar-refractivity contribution in [2.45, 2.75) is 97.2 Å². The molecule has 1 amide bonds. The molecule has 0 saturated carbocycles. The molecule has 41 heavy (non-hydrogen) atoms. The molecule has 1 fully saturated rings. The quantitative estimate of drug-likeness (QED) is 0.269. The van der Waals surface area contributed by atoms with Gasteiger partial charge in [-0.1, -0.05) is 32.4 Å². The van der Waals surface area contributed by atoms with Gasteiger partial charge in [0.15, 0.2) is 8.32 Å². The number of pyridine rings is 1. The highest BCUT2D eigenvalue weighted by Gasteiger charge is 2.38. The smallest absolute Gasteiger partial charge is 0.410 e. The van der Waals surface area contributed by atoms with Gasteiger partial charge >= 0.3 is 6.09 Å². The minimum absolute atomic E-state index is 0.162. The molecule has 1 atom stereocenters. The molecule has 2 aliphatic heterocycles. The minimum Gasteiger partial charge on any atom is -0.444 e. The SMILES string of the molecule is CC(C)(C)OC(=O)N1CCC(N2CCCc3cc(Cl)cc(-c4ccnc5cc(CO[Si](C)(C)C(C)(C)C)sc45)c32)C1. The number of carbonyl (C=O) groups is 1. The molecular formula is C32H44ClN3O3SSi. The topological polar surface area (TPSA) is 54.9 Å². The standard InChI is InChI=1S/C32H44ClN3O3SSi/c1-31(2,3)39-30(37)35-15-12-23(19-35)36-14-9-10-21-16-22(33)17-26(28(21)36)25-11-13-34-27-18-24(40-29(25)27)20-38-41(7,8)32(4,5)6/h11,13,16-18,23H,9-10,12,14-15,19-20H2,1-8H3. The van der Waals surface area contributed by atoms with E-state index in [2.05, 4.69) is 63.0 Å². The number of halogens is 1. The molecule has 2 aliphatic rings. The van der Waals surface area contributed by atoms with Gasteiger partial charge in [0.05, 0.1) is 16.8 Å². The minimum atomic E-state index is -1.87.